The number of ether oxygens (including phenoxy) is 1. The van der Waals surface area contributed by atoms with Crippen LogP contribution in [0.3, 0.4) is 0 Å². The van der Waals surface area contributed by atoms with Gasteiger partial charge in [-0.15, -0.1) is 11.3 Å². The van der Waals surface area contributed by atoms with Gasteiger partial charge in [0.15, 0.2) is 17.2 Å². The molecule has 3 fully saturated rings. The normalized spacial score (nSPS) is 19.6. The van der Waals surface area contributed by atoms with E-state index >= 15 is 0 Å². The number of fused-ring (bicyclic) bond motifs is 1. The fourth-order valence-corrected chi connectivity index (χ4v) is 13.3. The van der Waals surface area contributed by atoms with Crippen molar-refractivity contribution in [3.05, 3.63) is 98.9 Å². The van der Waals surface area contributed by atoms with Gasteiger partial charge in [-0.3, -0.25) is 29.3 Å². The average Bonchev–Trinajstić information content (AvgIpc) is 3.83. The molecule has 4 aliphatic heterocycles. The van der Waals surface area contributed by atoms with Crippen LogP contribution in [-0.4, -0.2) is 118 Å². The Morgan fingerprint density at radius 1 is 0.929 bits per heavy atom. The lowest BCUT2D eigenvalue weighted by Crippen LogP contribution is -2.55. The number of carboxylic acid groups (broad SMARTS) is 2. The molecule has 370 valence electrons. The molecule has 0 spiro atoms. The zero-order chi connectivity index (χ0) is 50.1. The largest absolute Gasteiger partial charge is 0.479 e. The number of anilines is 2. The van der Waals surface area contributed by atoms with E-state index in [9.17, 15) is 47.1 Å². The first-order chi connectivity index (χ1) is 33.3. The van der Waals surface area contributed by atoms with Gasteiger partial charge in [0.2, 0.25) is 33.7 Å². The number of carboxylic acids is 2. The molecule has 0 bridgehead atoms. The number of likely N-dealkylation sites (tertiary alicyclic amines) is 1. The predicted molar refractivity (Wildman–Crippen MR) is 260 cm³/mol. The molecule has 4 aromatic rings. The molecule has 2 atom stereocenters. The summed E-state index contributed by atoms with van der Waals surface area (Å²) in [6.45, 7) is 4.26. The van der Waals surface area contributed by atoms with Gasteiger partial charge < -0.3 is 35.4 Å². The quantitative estimate of drug-likeness (QED) is 0.0811. The number of aryl methyl sites for hydroxylation is 1. The van der Waals surface area contributed by atoms with E-state index in [2.05, 4.69) is 16.0 Å². The number of benzene rings is 3. The summed E-state index contributed by atoms with van der Waals surface area (Å²) in [5, 5.41) is 27.5. The third-order valence-electron chi connectivity index (χ3n) is 13.3. The maximum absolute atomic E-state index is 14.0. The number of aromatic carboxylic acids is 1. The van der Waals surface area contributed by atoms with Crippen molar-refractivity contribution in [1.29, 1.82) is 0 Å². The number of carbonyl (C=O) groups excluding carboxylic acids is 5. The second-order valence-corrected chi connectivity index (χ2v) is 21.9. The summed E-state index contributed by atoms with van der Waals surface area (Å²) in [7, 11) is -3.82. The zero-order valence-electron chi connectivity index (χ0n) is 38.5. The summed E-state index contributed by atoms with van der Waals surface area (Å²) in [4.78, 5) is 90.7. The fraction of sp³-hybridized carbons (Fsp3) is 0.408. The third kappa shape index (κ3) is 11.0. The molecule has 1 aromatic heterocycles. The lowest BCUT2D eigenvalue weighted by Gasteiger charge is -2.45. The molecule has 4 aliphatic rings. The van der Waals surface area contributed by atoms with E-state index in [-0.39, 0.29) is 89.3 Å². The number of halogens is 1. The van der Waals surface area contributed by atoms with E-state index in [0.717, 1.165) is 22.5 Å². The number of amides is 5. The molecule has 3 saturated heterocycles. The minimum Gasteiger partial charge on any atom is -0.479 e. The van der Waals surface area contributed by atoms with Gasteiger partial charge in [-0.25, -0.2) is 18.0 Å². The second kappa shape index (κ2) is 20.5. The zero-order valence-corrected chi connectivity index (χ0v) is 40.9. The van der Waals surface area contributed by atoms with Gasteiger partial charge in [0.1, 0.15) is 11.1 Å². The number of nitrogens with one attached hydrogen (secondary N) is 3. The van der Waals surface area contributed by atoms with Crippen molar-refractivity contribution in [2.75, 3.05) is 36.9 Å². The van der Waals surface area contributed by atoms with Crippen LogP contribution in [0.2, 0.25) is 5.02 Å². The number of imide groups is 1. The maximum Gasteiger partial charge on any atom is 0.349 e. The minimum atomic E-state index is -3.82. The molecule has 0 aliphatic carbocycles. The Morgan fingerprint density at radius 2 is 1.66 bits per heavy atom. The van der Waals surface area contributed by atoms with Crippen molar-refractivity contribution < 1.29 is 56.9 Å². The van der Waals surface area contributed by atoms with Crippen LogP contribution >= 0.6 is 22.9 Å². The van der Waals surface area contributed by atoms with Crippen LogP contribution in [0.4, 0.5) is 11.4 Å². The minimum absolute atomic E-state index is 0.00817. The van der Waals surface area contributed by atoms with Crippen LogP contribution in [0.25, 0.3) is 10.4 Å². The van der Waals surface area contributed by atoms with Gasteiger partial charge in [-0.05, 0) is 105 Å². The SMILES string of the molecule is CC1(C)C[C@@H](Nc2cccc(-c3sc(C(=O)O)c(OCC(=O)O)c3Cl)c2)CCN1S(=O)(=O)Cc1cccc(NC(=O)C2CCN(C(=O)CCc3cccc4c3CN(C3CCC(=O)NC3=O)C4=O)CC2)c1. The molecule has 8 rings (SSSR count). The number of sulfonamides is 1. The highest BCUT2D eigenvalue weighted by molar-refractivity contribution is 7.88. The first-order valence-corrected chi connectivity index (χ1v) is 25.8. The highest BCUT2D eigenvalue weighted by Crippen LogP contribution is 2.46. The highest BCUT2D eigenvalue weighted by atomic mass is 35.5. The molecular weight excluding hydrogens is 964 g/mol. The van der Waals surface area contributed by atoms with Crippen molar-refractivity contribution in [1.82, 2.24) is 19.4 Å². The highest BCUT2D eigenvalue weighted by Gasteiger charge is 2.42. The van der Waals surface area contributed by atoms with E-state index in [1.807, 2.05) is 26.0 Å². The Bertz CT molecular complexity index is 2880. The number of aliphatic carboxylic acids is 1. The van der Waals surface area contributed by atoms with E-state index in [4.69, 9.17) is 21.4 Å². The molecule has 5 N–H and O–H groups in total. The number of hydrogen-bond acceptors (Lipinski definition) is 12. The van der Waals surface area contributed by atoms with E-state index in [0.29, 0.717) is 78.1 Å². The lowest BCUT2D eigenvalue weighted by molar-refractivity contribution is -0.139. The summed E-state index contributed by atoms with van der Waals surface area (Å²) in [5.41, 5.74) is 3.64. The summed E-state index contributed by atoms with van der Waals surface area (Å²) in [5.74, 6) is -4.80. The van der Waals surface area contributed by atoms with Crippen molar-refractivity contribution >= 4 is 85.8 Å². The Morgan fingerprint density at radius 3 is 2.37 bits per heavy atom. The summed E-state index contributed by atoms with van der Waals surface area (Å²) < 4.78 is 34.8. The summed E-state index contributed by atoms with van der Waals surface area (Å²) in [6.07, 6.45) is 2.91. The first-order valence-electron chi connectivity index (χ1n) is 23.0. The molecule has 5 amide bonds. The van der Waals surface area contributed by atoms with Gasteiger partial charge in [0.05, 0.1) is 10.6 Å². The van der Waals surface area contributed by atoms with Crippen LogP contribution in [-0.2, 0) is 52.7 Å². The smallest absolute Gasteiger partial charge is 0.349 e. The van der Waals surface area contributed by atoms with E-state index in [1.54, 1.807) is 59.5 Å². The van der Waals surface area contributed by atoms with Gasteiger partial charge in [-0.1, -0.05) is 48.0 Å². The lowest BCUT2D eigenvalue weighted by atomic mass is 9.89. The summed E-state index contributed by atoms with van der Waals surface area (Å²) >= 11 is 7.39. The van der Waals surface area contributed by atoms with Crippen molar-refractivity contribution in [3.8, 4) is 16.2 Å². The van der Waals surface area contributed by atoms with Crippen molar-refractivity contribution in [3.63, 3.8) is 0 Å². The second-order valence-electron chi connectivity index (χ2n) is 18.6. The molecule has 5 heterocycles. The van der Waals surface area contributed by atoms with Crippen molar-refractivity contribution in [2.24, 2.45) is 5.92 Å². The molecule has 21 heteroatoms. The Hall–Kier alpha value is -6.35. The van der Waals surface area contributed by atoms with Gasteiger partial charge in [-0.2, -0.15) is 4.31 Å². The monoisotopic (exact) mass is 1020 g/mol. The Labute approximate surface area is 413 Å². The van der Waals surface area contributed by atoms with Gasteiger partial charge in [0, 0.05) is 73.5 Å². The van der Waals surface area contributed by atoms with Crippen LogP contribution in [0.1, 0.15) is 95.5 Å². The molecule has 1 unspecified atom stereocenters. The van der Waals surface area contributed by atoms with Gasteiger partial charge in [0.25, 0.3) is 5.91 Å². The van der Waals surface area contributed by atoms with Gasteiger partial charge >= 0.3 is 11.9 Å². The number of nitrogens with zero attached hydrogens (tertiary/aromatic N) is 3. The van der Waals surface area contributed by atoms with Crippen LogP contribution in [0, 0.1) is 5.92 Å². The van der Waals surface area contributed by atoms with Crippen LogP contribution < -0.4 is 20.7 Å². The number of thiophene rings is 1. The predicted octanol–water partition coefficient (Wildman–Crippen LogP) is 5.99. The average molecular weight is 1020 g/mol. The van der Waals surface area contributed by atoms with E-state index < -0.39 is 46.1 Å². The summed E-state index contributed by atoms with van der Waals surface area (Å²) in [6, 6.07) is 18.5. The molecule has 18 nitrogen and oxygen atoms in total. The molecule has 70 heavy (non-hydrogen) atoms. The molecule has 0 saturated carbocycles. The number of rotatable bonds is 16. The molecule has 0 radical (unpaired) electrons. The third-order valence-corrected chi connectivity index (χ3v) is 17.1. The number of piperidine rings is 3. The van der Waals surface area contributed by atoms with Crippen molar-refractivity contribution in [2.45, 2.75) is 95.1 Å². The van der Waals surface area contributed by atoms with Crippen LogP contribution in [0.15, 0.2) is 66.7 Å². The standard InChI is InChI=1S/C49H53ClN6O12S2/c1-49(2)24-34(51-33-10-4-8-31(23-33)43-41(50)42(68-26-40(59)60)44(69-43)48(64)65)18-21-56(49)70(66,67)27-28-6-3-9-32(22-28)52-45(61)30-16-19-54(20-17-30)39(58)15-12-29-7-5-11-35-36(29)25-55(47(35)63)37-13-14-38(57)53-46(37)62/h3-11,22-23,30,34,37,51H,12-21,24-27H2,1-2H3,(H,52,61)(H,59,60)(H,64,65)(H,53,57,62)/t34-,37?/m0/s1. The molecule has 3 aromatic carbocycles. The number of carbonyl (C=O) groups is 7. The number of hydrogen-bond donors (Lipinski definition) is 5. The topological polar surface area (TPSA) is 249 Å². The Kier molecular flexibility index (Phi) is 14.7. The first kappa shape index (κ1) is 50.1. The maximum atomic E-state index is 14.0. The Balaban J connectivity index is 0.812. The van der Waals surface area contributed by atoms with Crippen LogP contribution in [0.5, 0.6) is 5.75 Å². The molecular formula is C49H53ClN6O12S2. The fourth-order valence-electron chi connectivity index (χ4n) is 9.94. The van der Waals surface area contributed by atoms with E-state index in [1.165, 1.54) is 9.21 Å².